The van der Waals surface area contributed by atoms with Gasteiger partial charge in [0.1, 0.15) is 5.75 Å². The van der Waals surface area contributed by atoms with Gasteiger partial charge in [-0.3, -0.25) is 9.59 Å². The second-order valence-electron chi connectivity index (χ2n) is 10.1. The summed E-state index contributed by atoms with van der Waals surface area (Å²) in [6.07, 6.45) is 5.80. The lowest BCUT2D eigenvalue weighted by Gasteiger charge is -2.38. The van der Waals surface area contributed by atoms with Gasteiger partial charge in [-0.25, -0.2) is 0 Å². The molecule has 2 amide bonds. The highest BCUT2D eigenvalue weighted by atomic mass is 35.5. The van der Waals surface area contributed by atoms with E-state index in [0.717, 1.165) is 76.0 Å². The van der Waals surface area contributed by atoms with Crippen molar-refractivity contribution in [2.45, 2.75) is 51.1 Å². The van der Waals surface area contributed by atoms with E-state index in [2.05, 4.69) is 27.0 Å². The molecule has 2 aliphatic heterocycles. The number of hydrogen-bond acceptors (Lipinski definition) is 5. The average molecular weight is 518 g/mol. The van der Waals surface area contributed by atoms with Gasteiger partial charge in [0.15, 0.2) is 0 Å². The molecule has 1 aliphatic carbocycles. The van der Waals surface area contributed by atoms with Crippen LogP contribution in [0.15, 0.2) is 41.1 Å². The van der Waals surface area contributed by atoms with Crippen LogP contribution in [0.4, 0.5) is 0 Å². The zero-order valence-corrected chi connectivity index (χ0v) is 22.0. The molecule has 3 aliphatic rings. The monoisotopic (exact) mass is 517 g/mol. The number of likely N-dealkylation sites (tertiary alicyclic amines) is 2. The predicted molar refractivity (Wildman–Crippen MR) is 141 cm³/mol. The number of ether oxygens (including phenoxy) is 1. The van der Waals surface area contributed by atoms with Gasteiger partial charge in [0.05, 0.1) is 18.6 Å². The minimum Gasteiger partial charge on any atom is -0.497 e. The van der Waals surface area contributed by atoms with Crippen molar-refractivity contribution in [1.82, 2.24) is 15.1 Å². The number of nitrogens with one attached hydrogen (secondary N) is 1. The van der Waals surface area contributed by atoms with Crippen LogP contribution in [0.1, 0.15) is 55.7 Å². The van der Waals surface area contributed by atoms with Crippen molar-refractivity contribution in [1.29, 1.82) is 0 Å². The maximum Gasteiger partial charge on any atom is 0.229 e. The number of halogens is 1. The Balaban J connectivity index is 0.00000289. The molecule has 1 aromatic heterocycles. The normalized spacial score (nSPS) is 20.5. The highest BCUT2D eigenvalue weighted by Crippen LogP contribution is 2.42. The summed E-state index contributed by atoms with van der Waals surface area (Å²) in [5, 5.41) is 7.52. The van der Waals surface area contributed by atoms with Crippen LogP contribution in [0.2, 0.25) is 0 Å². The molecule has 190 valence electrons. The second kappa shape index (κ2) is 11.3. The van der Waals surface area contributed by atoms with Crippen molar-refractivity contribution in [3.05, 3.63) is 52.2 Å². The smallest absolute Gasteiger partial charge is 0.229 e. The fourth-order valence-corrected chi connectivity index (χ4v) is 6.12. The standard InChI is InChI=1S/C27H35N3O3S.ClH/c1-33-23-6-2-20(3-7-23)18-30-16-12-27(26(30)32)10-14-29(15-11-27)13-8-24(22-9-17-34-19-22)28-25(31)21-4-5-21;/h2-3,6-7,9,17,19,21,24H,4-5,8,10-16,18H2,1H3,(H,28,31);1H/t24-;/m0./s1. The highest BCUT2D eigenvalue weighted by molar-refractivity contribution is 7.08. The quantitative estimate of drug-likeness (QED) is 0.526. The molecular formula is C27H36ClN3O3S. The van der Waals surface area contributed by atoms with Gasteiger partial charge in [-0.1, -0.05) is 12.1 Å². The molecule has 2 aromatic rings. The number of hydrogen-bond donors (Lipinski definition) is 1. The van der Waals surface area contributed by atoms with Crippen LogP contribution in [0.25, 0.3) is 0 Å². The lowest BCUT2D eigenvalue weighted by Crippen LogP contribution is -2.45. The van der Waals surface area contributed by atoms with E-state index >= 15 is 0 Å². The van der Waals surface area contributed by atoms with Gasteiger partial charge in [-0.2, -0.15) is 11.3 Å². The Morgan fingerprint density at radius 2 is 1.86 bits per heavy atom. The molecule has 6 nitrogen and oxygen atoms in total. The summed E-state index contributed by atoms with van der Waals surface area (Å²) in [5.74, 6) is 1.61. The van der Waals surface area contributed by atoms with Crippen molar-refractivity contribution in [2.24, 2.45) is 11.3 Å². The predicted octanol–water partition coefficient (Wildman–Crippen LogP) is 4.65. The SMILES string of the molecule is COc1ccc(CN2CCC3(CCN(CC[C@H](NC(=O)C4CC4)c4ccsc4)CC3)C2=O)cc1.Cl. The van der Waals surface area contributed by atoms with E-state index in [0.29, 0.717) is 12.5 Å². The molecule has 3 heterocycles. The van der Waals surface area contributed by atoms with Crippen LogP contribution in [-0.4, -0.2) is 54.9 Å². The Morgan fingerprint density at radius 1 is 1.14 bits per heavy atom. The van der Waals surface area contributed by atoms with Crippen LogP contribution in [0, 0.1) is 11.3 Å². The Bertz CT molecular complexity index is 986. The van der Waals surface area contributed by atoms with Gasteiger partial charge < -0.3 is 19.9 Å². The molecule has 3 fully saturated rings. The first-order valence-electron chi connectivity index (χ1n) is 12.5. The Kier molecular flexibility index (Phi) is 8.40. The van der Waals surface area contributed by atoms with Gasteiger partial charge in [0.25, 0.3) is 0 Å². The third-order valence-corrected chi connectivity index (χ3v) is 8.59. The second-order valence-corrected chi connectivity index (χ2v) is 10.9. The number of carbonyl (C=O) groups excluding carboxylic acids is 2. The van der Waals surface area contributed by atoms with Crippen LogP contribution < -0.4 is 10.1 Å². The van der Waals surface area contributed by atoms with Gasteiger partial charge in [-0.05, 0) is 91.7 Å². The topological polar surface area (TPSA) is 61.9 Å². The first-order valence-corrected chi connectivity index (χ1v) is 13.5. The number of methoxy groups -OCH3 is 1. The maximum absolute atomic E-state index is 13.4. The Labute approximate surface area is 218 Å². The lowest BCUT2D eigenvalue weighted by atomic mass is 9.77. The highest BCUT2D eigenvalue weighted by Gasteiger charge is 2.47. The summed E-state index contributed by atoms with van der Waals surface area (Å²) in [6, 6.07) is 10.2. The van der Waals surface area contributed by atoms with Crippen molar-refractivity contribution in [3.8, 4) is 5.75 Å². The number of carbonyl (C=O) groups is 2. The van der Waals surface area contributed by atoms with E-state index < -0.39 is 0 Å². The molecule has 1 N–H and O–H groups in total. The lowest BCUT2D eigenvalue weighted by molar-refractivity contribution is -0.139. The maximum atomic E-state index is 13.4. The minimum atomic E-state index is -0.185. The molecule has 5 rings (SSSR count). The van der Waals surface area contributed by atoms with Crippen LogP contribution in [0.5, 0.6) is 5.75 Å². The number of piperidine rings is 1. The van der Waals surface area contributed by atoms with Crippen LogP contribution >= 0.6 is 23.7 Å². The molecule has 1 aromatic carbocycles. The summed E-state index contributed by atoms with van der Waals surface area (Å²) >= 11 is 1.68. The molecule has 1 atom stereocenters. The molecule has 35 heavy (non-hydrogen) atoms. The van der Waals surface area contributed by atoms with Gasteiger partial charge in [-0.15, -0.1) is 12.4 Å². The van der Waals surface area contributed by atoms with Crippen molar-refractivity contribution < 1.29 is 14.3 Å². The van der Waals surface area contributed by atoms with E-state index in [-0.39, 0.29) is 35.7 Å². The van der Waals surface area contributed by atoms with Gasteiger partial charge >= 0.3 is 0 Å². The van der Waals surface area contributed by atoms with Gasteiger partial charge in [0, 0.05) is 25.6 Å². The fourth-order valence-electron chi connectivity index (χ4n) is 5.41. The fraction of sp³-hybridized carbons (Fsp3) is 0.556. The number of nitrogens with zero attached hydrogens (tertiary/aromatic N) is 2. The first-order chi connectivity index (χ1) is 16.6. The average Bonchev–Trinajstić information content (AvgIpc) is 3.51. The zero-order chi connectivity index (χ0) is 23.5. The molecule has 0 unspecified atom stereocenters. The summed E-state index contributed by atoms with van der Waals surface area (Å²) in [6.45, 7) is 4.38. The summed E-state index contributed by atoms with van der Waals surface area (Å²) < 4.78 is 5.24. The molecule has 1 spiro atoms. The van der Waals surface area contributed by atoms with E-state index in [1.54, 1.807) is 18.4 Å². The molecule has 0 radical (unpaired) electrons. The van der Waals surface area contributed by atoms with Crippen molar-refractivity contribution >= 4 is 35.6 Å². The third kappa shape index (κ3) is 6.01. The molecule has 8 heteroatoms. The Hall–Kier alpha value is -2.09. The molecular weight excluding hydrogens is 482 g/mol. The minimum absolute atomic E-state index is 0. The van der Waals surface area contributed by atoms with E-state index in [1.807, 2.05) is 29.2 Å². The largest absolute Gasteiger partial charge is 0.497 e. The number of thiophene rings is 1. The molecule has 0 bridgehead atoms. The zero-order valence-electron chi connectivity index (χ0n) is 20.4. The third-order valence-electron chi connectivity index (χ3n) is 7.89. The van der Waals surface area contributed by atoms with E-state index in [1.165, 1.54) is 5.56 Å². The summed E-state index contributed by atoms with van der Waals surface area (Å²) in [4.78, 5) is 30.3. The summed E-state index contributed by atoms with van der Waals surface area (Å²) in [5.41, 5.74) is 2.18. The van der Waals surface area contributed by atoms with Crippen molar-refractivity contribution in [2.75, 3.05) is 33.3 Å². The van der Waals surface area contributed by atoms with E-state index in [4.69, 9.17) is 4.74 Å². The number of benzene rings is 1. The van der Waals surface area contributed by atoms with Crippen molar-refractivity contribution in [3.63, 3.8) is 0 Å². The summed E-state index contributed by atoms with van der Waals surface area (Å²) in [7, 11) is 1.67. The van der Waals surface area contributed by atoms with E-state index in [9.17, 15) is 9.59 Å². The molecule has 2 saturated heterocycles. The molecule has 1 saturated carbocycles. The van der Waals surface area contributed by atoms with Crippen LogP contribution in [-0.2, 0) is 16.1 Å². The van der Waals surface area contributed by atoms with Crippen LogP contribution in [0.3, 0.4) is 0 Å². The number of amides is 2. The Morgan fingerprint density at radius 3 is 2.49 bits per heavy atom. The van der Waals surface area contributed by atoms with Gasteiger partial charge in [0.2, 0.25) is 11.8 Å². The number of rotatable bonds is 9. The first kappa shape index (κ1) is 26.0.